The van der Waals surface area contributed by atoms with E-state index in [0.717, 1.165) is 5.52 Å². The van der Waals surface area contributed by atoms with Crippen molar-refractivity contribution in [1.82, 2.24) is 7.96 Å². The molecule has 0 radical (unpaired) electrons. The van der Waals surface area contributed by atoms with Crippen LogP contribution < -0.4 is 4.72 Å². The number of rotatable bonds is 3. The molecule has 1 aromatic heterocycles. The van der Waals surface area contributed by atoms with Gasteiger partial charge in [0.1, 0.15) is 0 Å². The van der Waals surface area contributed by atoms with E-state index in [2.05, 4.69) is 44.5 Å². The molecule has 1 N–H and O–H groups in total. The van der Waals surface area contributed by atoms with Gasteiger partial charge in [-0.25, -0.2) is 0 Å². The fraction of sp³-hybridized carbons (Fsp3) is 0. The summed E-state index contributed by atoms with van der Waals surface area (Å²) in [7, 11) is -3.71. The summed E-state index contributed by atoms with van der Waals surface area (Å²) in [5.74, 6) is 0. The summed E-state index contributed by atoms with van der Waals surface area (Å²) in [5.41, 5.74) is 1.78. The molecule has 3 rings (SSSR count). The summed E-state index contributed by atoms with van der Waals surface area (Å²) < 4.78 is 37.4. The van der Waals surface area contributed by atoms with Crippen LogP contribution in [0.5, 0.6) is 0 Å². The van der Waals surface area contributed by atoms with Crippen molar-refractivity contribution >= 4 is 73.6 Å². The van der Waals surface area contributed by atoms with E-state index in [4.69, 9.17) is 0 Å². The molecule has 0 fully saturated rings. The first-order valence-corrected chi connectivity index (χ1v) is 10.3. The Labute approximate surface area is 144 Å². The zero-order valence-corrected chi connectivity index (χ0v) is 15.9. The van der Waals surface area contributed by atoms with Crippen LogP contribution >= 0.6 is 31.9 Å². The summed E-state index contributed by atoms with van der Waals surface area (Å²) in [6.07, 6.45) is 0. The molecule has 2 aromatic carbocycles. The summed E-state index contributed by atoms with van der Waals surface area (Å²) in [5, 5.41) is 0. The van der Waals surface area contributed by atoms with Crippen LogP contribution in [-0.2, 0) is 10.0 Å². The monoisotopic (exact) mass is 495 g/mol. The van der Waals surface area contributed by atoms with E-state index in [1.165, 1.54) is 0 Å². The number of hydrogen-bond acceptors (Lipinski definition) is 4. The number of sulfonamides is 1. The van der Waals surface area contributed by atoms with Crippen molar-refractivity contribution in [2.75, 3.05) is 4.72 Å². The van der Waals surface area contributed by atoms with Gasteiger partial charge >= 0.3 is 145 Å². The minimum atomic E-state index is -3.71. The summed E-state index contributed by atoms with van der Waals surface area (Å²) in [6, 6.07) is 10.2. The van der Waals surface area contributed by atoms with Gasteiger partial charge in [-0.15, -0.1) is 0 Å². The van der Waals surface area contributed by atoms with E-state index in [9.17, 15) is 8.42 Å². The third kappa shape index (κ3) is 3.07. The molecule has 0 unspecified atom stereocenters. The average Bonchev–Trinajstić information content (AvgIpc) is 2.90. The maximum atomic E-state index is 12.5. The molecule has 0 atom stereocenters. The topological polar surface area (TPSA) is 72.0 Å². The standard InChI is InChI=1S/C12H7Br2N3O2SSe/c13-7-4-5-8(14)11(6-7)20(18,19)15-9-2-1-3-10-12(9)17-21-16-10/h1-6,15H. The fourth-order valence-electron chi connectivity index (χ4n) is 1.77. The molecule has 0 bridgehead atoms. The Balaban J connectivity index is 2.08. The molecule has 3 aromatic rings. The molecule has 21 heavy (non-hydrogen) atoms. The second-order valence-corrected chi connectivity index (χ2v) is 8.65. The molecule has 0 spiro atoms. The van der Waals surface area contributed by atoms with Crippen LogP contribution in [0.1, 0.15) is 0 Å². The van der Waals surface area contributed by atoms with Gasteiger partial charge in [-0.3, -0.25) is 0 Å². The number of benzene rings is 2. The van der Waals surface area contributed by atoms with Gasteiger partial charge in [-0.05, 0) is 0 Å². The van der Waals surface area contributed by atoms with Crippen molar-refractivity contribution in [2.45, 2.75) is 4.90 Å². The van der Waals surface area contributed by atoms with Crippen molar-refractivity contribution in [1.29, 1.82) is 0 Å². The average molecular weight is 496 g/mol. The summed E-state index contributed by atoms with van der Waals surface area (Å²) >= 11 is 6.33. The van der Waals surface area contributed by atoms with Crippen molar-refractivity contribution in [3.63, 3.8) is 0 Å². The van der Waals surface area contributed by atoms with Crippen molar-refractivity contribution in [3.05, 3.63) is 45.3 Å². The van der Waals surface area contributed by atoms with E-state index >= 15 is 0 Å². The van der Waals surface area contributed by atoms with Crippen LogP contribution in [-0.4, -0.2) is 31.3 Å². The molecular weight excluding hydrogens is 489 g/mol. The third-order valence-corrected chi connectivity index (χ3v) is 6.70. The third-order valence-electron chi connectivity index (χ3n) is 2.71. The Hall–Kier alpha value is -0.731. The first-order valence-electron chi connectivity index (χ1n) is 5.66. The summed E-state index contributed by atoms with van der Waals surface area (Å²) in [6.45, 7) is 0. The number of nitrogens with zero attached hydrogens (tertiary/aromatic N) is 2. The maximum absolute atomic E-state index is 12.5. The molecule has 108 valence electrons. The van der Waals surface area contributed by atoms with E-state index in [-0.39, 0.29) is 19.9 Å². The van der Waals surface area contributed by atoms with Gasteiger partial charge in [0.05, 0.1) is 0 Å². The Morgan fingerprint density at radius 3 is 2.71 bits per heavy atom. The van der Waals surface area contributed by atoms with Gasteiger partial charge in [-0.2, -0.15) is 0 Å². The molecule has 9 heteroatoms. The number of fused-ring (bicyclic) bond motifs is 1. The zero-order chi connectivity index (χ0) is 15.0. The van der Waals surface area contributed by atoms with Crippen LogP contribution in [0.3, 0.4) is 0 Å². The predicted octanol–water partition coefficient (Wildman–Crippen LogP) is 3.01. The number of halogens is 2. The van der Waals surface area contributed by atoms with E-state index < -0.39 is 10.0 Å². The van der Waals surface area contributed by atoms with Crippen molar-refractivity contribution in [3.8, 4) is 0 Å². The number of aromatic nitrogens is 2. The van der Waals surface area contributed by atoms with Crippen LogP contribution in [0.2, 0.25) is 0 Å². The first-order chi connectivity index (χ1) is 9.97. The zero-order valence-electron chi connectivity index (χ0n) is 10.2. The molecule has 0 saturated carbocycles. The second-order valence-electron chi connectivity index (χ2n) is 4.12. The number of nitrogens with one attached hydrogen (secondary N) is 1. The number of anilines is 1. The molecule has 5 nitrogen and oxygen atoms in total. The van der Waals surface area contributed by atoms with Gasteiger partial charge < -0.3 is 0 Å². The quantitative estimate of drug-likeness (QED) is 0.567. The Kier molecular flexibility index (Phi) is 4.20. The minimum absolute atomic E-state index is 0.162. The van der Waals surface area contributed by atoms with E-state index in [1.807, 2.05) is 6.07 Å². The second kappa shape index (κ2) is 5.81. The Bertz CT molecular complexity index is 927. The predicted molar refractivity (Wildman–Crippen MR) is 89.1 cm³/mol. The van der Waals surface area contributed by atoms with E-state index in [1.54, 1.807) is 30.3 Å². The van der Waals surface area contributed by atoms with Crippen molar-refractivity contribution < 1.29 is 8.42 Å². The van der Waals surface area contributed by atoms with Gasteiger partial charge in [0.2, 0.25) is 0 Å². The van der Waals surface area contributed by atoms with Gasteiger partial charge in [0.25, 0.3) is 0 Å². The molecule has 0 aliphatic rings. The first kappa shape index (κ1) is 15.2. The molecule has 0 amide bonds. The van der Waals surface area contributed by atoms with Gasteiger partial charge in [-0.1, -0.05) is 0 Å². The molecule has 1 heterocycles. The fourth-order valence-corrected chi connectivity index (χ4v) is 5.49. The van der Waals surface area contributed by atoms with Crippen LogP contribution in [0.25, 0.3) is 11.0 Å². The van der Waals surface area contributed by atoms with Crippen LogP contribution in [0.15, 0.2) is 50.2 Å². The summed E-state index contributed by atoms with van der Waals surface area (Å²) in [4.78, 5) is 0.162. The van der Waals surface area contributed by atoms with Gasteiger partial charge in [0.15, 0.2) is 0 Å². The van der Waals surface area contributed by atoms with Crippen LogP contribution in [0.4, 0.5) is 5.69 Å². The molecule has 0 aliphatic carbocycles. The van der Waals surface area contributed by atoms with E-state index in [0.29, 0.717) is 20.1 Å². The Morgan fingerprint density at radius 2 is 1.90 bits per heavy atom. The van der Waals surface area contributed by atoms with Crippen LogP contribution in [0, 0.1) is 0 Å². The SMILES string of the molecule is O=S(=O)(Nc1cccc2n[se]nc12)c1cc(Br)ccc1Br. The Morgan fingerprint density at radius 1 is 1.10 bits per heavy atom. The van der Waals surface area contributed by atoms with Gasteiger partial charge in [0, 0.05) is 0 Å². The molecule has 0 saturated heterocycles. The molecular formula is C12H7Br2N3O2SSe. The number of hydrogen-bond donors (Lipinski definition) is 1. The molecule has 0 aliphatic heterocycles. The van der Waals surface area contributed by atoms with Crippen molar-refractivity contribution in [2.24, 2.45) is 0 Å². The normalized spacial score (nSPS) is 11.7.